The van der Waals surface area contributed by atoms with Crippen molar-refractivity contribution in [1.29, 1.82) is 0 Å². The van der Waals surface area contributed by atoms with Gasteiger partial charge in [-0.05, 0) is 6.92 Å². The zero-order chi connectivity index (χ0) is 15.3. The summed E-state index contributed by atoms with van der Waals surface area (Å²) in [4.78, 5) is 9.78. The second-order valence-electron chi connectivity index (χ2n) is 4.20. The summed E-state index contributed by atoms with van der Waals surface area (Å²) in [5.41, 5.74) is 0.814. The minimum Gasteiger partial charge on any atom is -0.382 e. The lowest BCUT2D eigenvalue weighted by atomic mass is 10.3. The smallest absolute Gasteiger partial charge is 0.382 e. The van der Waals surface area contributed by atoms with Gasteiger partial charge in [0.1, 0.15) is 0 Å². The van der Waals surface area contributed by atoms with Crippen LogP contribution in [0, 0.1) is 6.92 Å². The summed E-state index contributed by atoms with van der Waals surface area (Å²) in [6.07, 6.45) is -7.06. The average Bonchev–Trinajstić information content (AvgIpc) is 2.74. The van der Waals surface area contributed by atoms with Gasteiger partial charge in [-0.1, -0.05) is 0 Å². The molecular formula is C11H17F3N4OS. The molecule has 114 valence electrons. The molecule has 0 spiro atoms. The van der Waals surface area contributed by atoms with E-state index in [1.54, 1.807) is 11.9 Å². The summed E-state index contributed by atoms with van der Waals surface area (Å²) in [6.45, 7) is 1.66. The zero-order valence-electron chi connectivity index (χ0n) is 11.4. The number of halogens is 3. The maximum Gasteiger partial charge on any atom is 0.416 e. The lowest BCUT2D eigenvalue weighted by molar-refractivity contribution is -0.201. The third-order valence-corrected chi connectivity index (χ3v) is 3.29. The Kier molecular flexibility index (Phi) is 5.75. The Bertz CT molecular complexity index is 461. The van der Waals surface area contributed by atoms with Crippen molar-refractivity contribution in [3.05, 3.63) is 16.1 Å². The van der Waals surface area contributed by atoms with Crippen molar-refractivity contribution in [1.82, 2.24) is 15.2 Å². The van der Waals surface area contributed by atoms with Gasteiger partial charge in [-0.2, -0.15) is 13.2 Å². The van der Waals surface area contributed by atoms with E-state index < -0.39 is 18.8 Å². The van der Waals surface area contributed by atoms with Crippen molar-refractivity contribution in [2.45, 2.75) is 25.7 Å². The van der Waals surface area contributed by atoms with Gasteiger partial charge in [0.15, 0.2) is 12.1 Å². The number of aliphatic imine (C=N–C) groups is 1. The van der Waals surface area contributed by atoms with Crippen LogP contribution in [-0.4, -0.2) is 53.9 Å². The van der Waals surface area contributed by atoms with Gasteiger partial charge < -0.3 is 15.3 Å². The van der Waals surface area contributed by atoms with Crippen LogP contribution in [0.3, 0.4) is 0 Å². The molecule has 9 heteroatoms. The Balaban J connectivity index is 2.54. The molecule has 0 aromatic carbocycles. The van der Waals surface area contributed by atoms with Gasteiger partial charge in [0.25, 0.3) is 0 Å². The number of hydrogen-bond donors (Lipinski definition) is 2. The van der Waals surface area contributed by atoms with Gasteiger partial charge in [0.2, 0.25) is 0 Å². The first-order valence-corrected chi connectivity index (χ1v) is 6.69. The first-order valence-electron chi connectivity index (χ1n) is 5.81. The monoisotopic (exact) mass is 310 g/mol. The molecule has 1 rings (SSSR count). The number of aliphatic hydroxyl groups excluding tert-OH is 1. The van der Waals surface area contributed by atoms with E-state index in [4.69, 9.17) is 5.11 Å². The van der Waals surface area contributed by atoms with Crippen molar-refractivity contribution < 1.29 is 18.3 Å². The Morgan fingerprint density at radius 2 is 2.25 bits per heavy atom. The number of nitrogens with zero attached hydrogens (tertiary/aromatic N) is 3. The molecule has 0 radical (unpaired) electrons. The Labute approximate surface area is 119 Å². The molecule has 1 unspecified atom stereocenters. The first kappa shape index (κ1) is 16.7. The molecule has 1 atom stereocenters. The molecule has 0 saturated carbocycles. The fourth-order valence-electron chi connectivity index (χ4n) is 1.49. The maximum atomic E-state index is 12.2. The molecule has 1 heterocycles. The van der Waals surface area contributed by atoms with Gasteiger partial charge in [-0.3, -0.25) is 4.99 Å². The van der Waals surface area contributed by atoms with E-state index in [1.165, 1.54) is 18.4 Å². The minimum absolute atomic E-state index is 0.263. The van der Waals surface area contributed by atoms with E-state index in [0.717, 1.165) is 10.7 Å². The van der Waals surface area contributed by atoms with Gasteiger partial charge in [0, 0.05) is 19.5 Å². The van der Waals surface area contributed by atoms with Crippen LogP contribution in [0.2, 0.25) is 0 Å². The summed E-state index contributed by atoms with van der Waals surface area (Å²) in [5, 5.41) is 14.2. The highest BCUT2D eigenvalue weighted by atomic mass is 32.1. The number of aliphatic hydroxyl groups is 1. The Hall–Kier alpha value is -1.35. The fourth-order valence-corrected chi connectivity index (χ4v) is 2.09. The van der Waals surface area contributed by atoms with Crippen molar-refractivity contribution in [2.75, 3.05) is 20.6 Å². The van der Waals surface area contributed by atoms with E-state index in [9.17, 15) is 13.2 Å². The van der Waals surface area contributed by atoms with Crippen LogP contribution in [-0.2, 0) is 6.54 Å². The molecule has 1 aromatic rings. The van der Waals surface area contributed by atoms with E-state index in [0.29, 0.717) is 6.54 Å². The van der Waals surface area contributed by atoms with Crippen molar-refractivity contribution in [2.24, 2.45) is 4.99 Å². The summed E-state index contributed by atoms with van der Waals surface area (Å²) < 4.78 is 36.6. The second-order valence-corrected chi connectivity index (χ2v) is 5.26. The third kappa shape index (κ3) is 4.97. The number of aryl methyl sites for hydroxylation is 1. The number of rotatable bonds is 4. The molecule has 1 aromatic heterocycles. The quantitative estimate of drug-likeness (QED) is 0.651. The molecular weight excluding hydrogens is 293 g/mol. The lowest BCUT2D eigenvalue weighted by Gasteiger charge is -2.23. The van der Waals surface area contributed by atoms with Gasteiger partial charge in [0.05, 0.1) is 23.8 Å². The molecule has 0 amide bonds. The number of hydrogen-bond acceptors (Lipinski definition) is 4. The largest absolute Gasteiger partial charge is 0.416 e. The van der Waals surface area contributed by atoms with Crippen molar-refractivity contribution >= 4 is 17.3 Å². The van der Waals surface area contributed by atoms with Crippen LogP contribution in [0.15, 0.2) is 10.4 Å². The van der Waals surface area contributed by atoms with Crippen molar-refractivity contribution in [3.8, 4) is 0 Å². The van der Waals surface area contributed by atoms with Crippen LogP contribution in [0.5, 0.6) is 0 Å². The number of aromatic nitrogens is 1. The van der Waals surface area contributed by atoms with E-state index in [-0.39, 0.29) is 5.96 Å². The van der Waals surface area contributed by atoms with Crippen molar-refractivity contribution in [3.63, 3.8) is 0 Å². The lowest BCUT2D eigenvalue weighted by Crippen LogP contribution is -2.45. The summed E-state index contributed by atoms with van der Waals surface area (Å²) in [5.74, 6) is 0.263. The van der Waals surface area contributed by atoms with Gasteiger partial charge in [-0.25, -0.2) is 4.98 Å². The zero-order valence-corrected chi connectivity index (χ0v) is 12.2. The van der Waals surface area contributed by atoms with Gasteiger partial charge in [-0.15, -0.1) is 11.3 Å². The highest BCUT2D eigenvalue weighted by Crippen LogP contribution is 2.19. The molecule has 2 N–H and O–H groups in total. The SMILES string of the molecule is CN=C(NCC(O)C(F)(F)F)N(C)Cc1csc(C)n1. The highest BCUT2D eigenvalue weighted by molar-refractivity contribution is 7.09. The van der Waals surface area contributed by atoms with E-state index in [1.807, 2.05) is 12.3 Å². The van der Waals surface area contributed by atoms with E-state index in [2.05, 4.69) is 15.3 Å². The average molecular weight is 310 g/mol. The molecule has 20 heavy (non-hydrogen) atoms. The first-order chi connectivity index (χ1) is 9.24. The summed E-state index contributed by atoms with van der Waals surface area (Å²) in [6, 6.07) is 0. The van der Waals surface area contributed by atoms with Crippen LogP contribution in [0.4, 0.5) is 13.2 Å². The molecule has 0 fully saturated rings. The molecule has 0 bridgehead atoms. The van der Waals surface area contributed by atoms with Crippen LogP contribution in [0.1, 0.15) is 10.7 Å². The van der Waals surface area contributed by atoms with E-state index >= 15 is 0 Å². The maximum absolute atomic E-state index is 12.2. The number of thiazole rings is 1. The number of guanidine groups is 1. The molecule has 0 aliphatic heterocycles. The van der Waals surface area contributed by atoms with Crippen LogP contribution >= 0.6 is 11.3 Å². The number of nitrogens with one attached hydrogen (secondary N) is 1. The standard InChI is InChI=1S/C11H17F3N4OS/c1-7-17-8(6-20-7)5-18(3)10(15-2)16-4-9(19)11(12,13)14/h6,9,19H,4-5H2,1-3H3,(H,15,16). The molecule has 5 nitrogen and oxygen atoms in total. The summed E-state index contributed by atoms with van der Waals surface area (Å²) in [7, 11) is 3.15. The normalized spacial score (nSPS) is 14.2. The topological polar surface area (TPSA) is 60.8 Å². The predicted octanol–water partition coefficient (Wildman–Crippen LogP) is 1.38. The molecule has 0 aliphatic carbocycles. The second kappa shape index (κ2) is 6.89. The summed E-state index contributed by atoms with van der Waals surface area (Å²) >= 11 is 1.50. The Morgan fingerprint density at radius 1 is 1.60 bits per heavy atom. The molecule has 0 saturated heterocycles. The van der Waals surface area contributed by atoms with Gasteiger partial charge >= 0.3 is 6.18 Å². The van der Waals surface area contributed by atoms with Crippen LogP contribution in [0.25, 0.3) is 0 Å². The fraction of sp³-hybridized carbons (Fsp3) is 0.636. The molecule has 0 aliphatic rings. The number of alkyl halides is 3. The Morgan fingerprint density at radius 3 is 2.70 bits per heavy atom. The highest BCUT2D eigenvalue weighted by Gasteiger charge is 2.38. The van der Waals surface area contributed by atoms with Crippen LogP contribution < -0.4 is 5.32 Å². The predicted molar refractivity (Wildman–Crippen MR) is 71.7 cm³/mol. The third-order valence-electron chi connectivity index (χ3n) is 2.47. The minimum atomic E-state index is -4.64.